The van der Waals surface area contributed by atoms with Gasteiger partial charge in [-0.15, -0.1) is 0 Å². The molecule has 0 spiro atoms. The van der Waals surface area contributed by atoms with Crippen LogP contribution in [0, 0.1) is 0 Å². The number of rotatable bonds is 7. The van der Waals surface area contributed by atoms with Crippen molar-refractivity contribution in [2.75, 3.05) is 0 Å². The third-order valence-electron chi connectivity index (χ3n) is 3.86. The first-order chi connectivity index (χ1) is 9.30. The van der Waals surface area contributed by atoms with Crippen molar-refractivity contribution >= 4 is 5.97 Å². The predicted molar refractivity (Wildman–Crippen MR) is 83.0 cm³/mol. The summed E-state index contributed by atoms with van der Waals surface area (Å²) < 4.78 is 0. The third kappa shape index (κ3) is 4.07. The molecule has 0 aliphatic rings. The van der Waals surface area contributed by atoms with E-state index in [0.29, 0.717) is 12.3 Å². The van der Waals surface area contributed by atoms with Crippen LogP contribution in [0.25, 0.3) is 0 Å². The van der Waals surface area contributed by atoms with Crippen LogP contribution < -0.4 is 5.32 Å². The second-order valence-corrected chi connectivity index (χ2v) is 6.07. The molecular formula is C17H27NO2. The van der Waals surface area contributed by atoms with Crippen LogP contribution >= 0.6 is 0 Å². The number of benzene rings is 1. The molecule has 2 atom stereocenters. The van der Waals surface area contributed by atoms with Crippen molar-refractivity contribution in [3.63, 3.8) is 0 Å². The molecule has 1 aromatic rings. The van der Waals surface area contributed by atoms with Gasteiger partial charge < -0.3 is 5.11 Å². The molecule has 3 nitrogen and oxygen atoms in total. The van der Waals surface area contributed by atoms with E-state index >= 15 is 0 Å². The van der Waals surface area contributed by atoms with Crippen LogP contribution in [0.2, 0.25) is 0 Å². The summed E-state index contributed by atoms with van der Waals surface area (Å²) in [7, 11) is 0. The van der Waals surface area contributed by atoms with Gasteiger partial charge in [0, 0.05) is 6.04 Å². The standard InChI is InChI=1S/C17H27NO2/c1-6-11-17(5,16(19)20)18-13(4)15-9-7-14(8-10-15)12(2)3/h7-10,12-13,18H,6,11H2,1-5H3,(H,19,20). The van der Waals surface area contributed by atoms with Gasteiger partial charge in [-0.25, -0.2) is 0 Å². The second-order valence-electron chi connectivity index (χ2n) is 6.07. The van der Waals surface area contributed by atoms with E-state index in [2.05, 4.69) is 43.4 Å². The molecule has 0 aromatic heterocycles. The maximum atomic E-state index is 11.5. The fourth-order valence-corrected chi connectivity index (χ4v) is 2.47. The van der Waals surface area contributed by atoms with Crippen LogP contribution in [0.4, 0.5) is 0 Å². The van der Waals surface area contributed by atoms with Crippen molar-refractivity contribution in [3.8, 4) is 0 Å². The van der Waals surface area contributed by atoms with E-state index in [1.165, 1.54) is 5.56 Å². The zero-order valence-corrected chi connectivity index (χ0v) is 13.2. The highest BCUT2D eigenvalue weighted by Gasteiger charge is 2.33. The minimum absolute atomic E-state index is 0.0175. The Hall–Kier alpha value is -1.35. The van der Waals surface area contributed by atoms with E-state index in [0.717, 1.165) is 12.0 Å². The molecule has 1 rings (SSSR count). The summed E-state index contributed by atoms with van der Waals surface area (Å²) in [6, 6.07) is 8.43. The Labute approximate surface area is 122 Å². The van der Waals surface area contributed by atoms with Crippen molar-refractivity contribution < 1.29 is 9.90 Å². The summed E-state index contributed by atoms with van der Waals surface area (Å²) in [5, 5.41) is 12.7. The largest absolute Gasteiger partial charge is 0.480 e. The van der Waals surface area contributed by atoms with Crippen LogP contribution in [0.15, 0.2) is 24.3 Å². The van der Waals surface area contributed by atoms with Crippen LogP contribution in [0.5, 0.6) is 0 Å². The highest BCUT2D eigenvalue weighted by atomic mass is 16.4. The molecule has 0 radical (unpaired) electrons. The fraction of sp³-hybridized carbons (Fsp3) is 0.588. The molecule has 0 bridgehead atoms. The Morgan fingerprint density at radius 2 is 1.70 bits per heavy atom. The maximum Gasteiger partial charge on any atom is 0.323 e. The van der Waals surface area contributed by atoms with Crippen molar-refractivity contribution in [3.05, 3.63) is 35.4 Å². The van der Waals surface area contributed by atoms with Crippen LogP contribution in [-0.2, 0) is 4.79 Å². The Morgan fingerprint density at radius 1 is 1.20 bits per heavy atom. The number of hydrogen-bond donors (Lipinski definition) is 2. The molecule has 0 saturated carbocycles. The van der Waals surface area contributed by atoms with Gasteiger partial charge in [0.15, 0.2) is 0 Å². The van der Waals surface area contributed by atoms with Crippen molar-refractivity contribution in [2.45, 2.75) is 65.0 Å². The van der Waals surface area contributed by atoms with E-state index < -0.39 is 11.5 Å². The maximum absolute atomic E-state index is 11.5. The monoisotopic (exact) mass is 277 g/mol. The number of carbonyl (C=O) groups is 1. The molecule has 1 aromatic carbocycles. The van der Waals surface area contributed by atoms with Crippen molar-refractivity contribution in [1.29, 1.82) is 0 Å². The second kappa shape index (κ2) is 6.89. The van der Waals surface area contributed by atoms with E-state index in [1.54, 1.807) is 6.92 Å². The summed E-state index contributed by atoms with van der Waals surface area (Å²) in [6.07, 6.45) is 1.46. The molecule has 112 valence electrons. The van der Waals surface area contributed by atoms with Crippen molar-refractivity contribution in [1.82, 2.24) is 5.32 Å². The Balaban J connectivity index is 2.83. The number of aliphatic carboxylic acids is 1. The summed E-state index contributed by atoms with van der Waals surface area (Å²) in [4.78, 5) is 11.5. The van der Waals surface area contributed by atoms with Crippen LogP contribution in [0.3, 0.4) is 0 Å². The molecule has 0 aliphatic carbocycles. The third-order valence-corrected chi connectivity index (χ3v) is 3.86. The number of hydrogen-bond acceptors (Lipinski definition) is 2. The molecule has 0 amide bonds. The summed E-state index contributed by atoms with van der Waals surface area (Å²) in [5.41, 5.74) is 1.55. The first-order valence-electron chi connectivity index (χ1n) is 7.41. The molecule has 2 N–H and O–H groups in total. The van der Waals surface area contributed by atoms with E-state index in [9.17, 15) is 9.90 Å². The lowest BCUT2D eigenvalue weighted by atomic mass is 9.93. The zero-order chi connectivity index (χ0) is 15.3. The Bertz CT molecular complexity index is 439. The molecule has 0 heterocycles. The quantitative estimate of drug-likeness (QED) is 0.788. The molecular weight excluding hydrogens is 250 g/mol. The number of carboxylic acid groups (broad SMARTS) is 1. The lowest BCUT2D eigenvalue weighted by Crippen LogP contribution is -2.50. The van der Waals surface area contributed by atoms with Gasteiger partial charge in [-0.1, -0.05) is 51.5 Å². The average molecular weight is 277 g/mol. The van der Waals surface area contributed by atoms with E-state index in [-0.39, 0.29) is 6.04 Å². The minimum Gasteiger partial charge on any atom is -0.480 e. The number of carboxylic acids is 1. The van der Waals surface area contributed by atoms with E-state index in [1.807, 2.05) is 13.8 Å². The van der Waals surface area contributed by atoms with E-state index in [4.69, 9.17) is 0 Å². The Kier molecular flexibility index (Phi) is 5.75. The zero-order valence-electron chi connectivity index (χ0n) is 13.2. The molecule has 0 aliphatic heterocycles. The number of nitrogens with one attached hydrogen (secondary N) is 1. The normalized spacial score (nSPS) is 15.9. The van der Waals surface area contributed by atoms with Gasteiger partial charge in [0.1, 0.15) is 5.54 Å². The Morgan fingerprint density at radius 3 is 2.10 bits per heavy atom. The molecule has 3 heteroatoms. The van der Waals surface area contributed by atoms with Gasteiger partial charge in [-0.05, 0) is 37.3 Å². The van der Waals surface area contributed by atoms with Gasteiger partial charge in [0.25, 0.3) is 0 Å². The van der Waals surface area contributed by atoms with Gasteiger partial charge in [-0.2, -0.15) is 0 Å². The summed E-state index contributed by atoms with van der Waals surface area (Å²) >= 11 is 0. The lowest BCUT2D eigenvalue weighted by molar-refractivity contribution is -0.144. The first-order valence-corrected chi connectivity index (χ1v) is 7.41. The highest BCUT2D eigenvalue weighted by molar-refractivity contribution is 5.78. The predicted octanol–water partition coefficient (Wildman–Crippen LogP) is 4.10. The summed E-state index contributed by atoms with van der Waals surface area (Å²) in [5.74, 6) is -0.276. The van der Waals surface area contributed by atoms with Crippen LogP contribution in [-0.4, -0.2) is 16.6 Å². The minimum atomic E-state index is -0.870. The fourth-order valence-electron chi connectivity index (χ4n) is 2.47. The van der Waals surface area contributed by atoms with Gasteiger partial charge in [0.05, 0.1) is 0 Å². The molecule has 0 fully saturated rings. The van der Waals surface area contributed by atoms with Gasteiger partial charge in [0.2, 0.25) is 0 Å². The van der Waals surface area contributed by atoms with Gasteiger partial charge >= 0.3 is 5.97 Å². The average Bonchev–Trinajstić information content (AvgIpc) is 2.38. The molecule has 20 heavy (non-hydrogen) atoms. The SMILES string of the molecule is CCCC(C)(NC(C)c1ccc(C(C)C)cc1)C(=O)O. The van der Waals surface area contributed by atoms with Gasteiger partial charge in [-0.3, -0.25) is 10.1 Å². The highest BCUT2D eigenvalue weighted by Crippen LogP contribution is 2.22. The van der Waals surface area contributed by atoms with Crippen molar-refractivity contribution in [2.24, 2.45) is 0 Å². The summed E-state index contributed by atoms with van der Waals surface area (Å²) in [6.45, 7) is 10.1. The smallest absolute Gasteiger partial charge is 0.323 e. The molecule has 2 unspecified atom stereocenters. The van der Waals surface area contributed by atoms with Crippen LogP contribution in [0.1, 0.15) is 70.5 Å². The lowest BCUT2D eigenvalue weighted by Gasteiger charge is -2.30. The first kappa shape index (κ1) is 16.7. The molecule has 0 saturated heterocycles. The topological polar surface area (TPSA) is 49.3 Å².